The van der Waals surface area contributed by atoms with Gasteiger partial charge in [0.15, 0.2) is 16.6 Å². The first-order valence-electron chi connectivity index (χ1n) is 22.1. The van der Waals surface area contributed by atoms with Gasteiger partial charge in [-0.15, -0.1) is 0 Å². The zero-order chi connectivity index (χ0) is 46.9. The summed E-state index contributed by atoms with van der Waals surface area (Å²) in [6.45, 7) is 4.54. The standard InChI is InChI=1S/C21H41N4O8P.C18H35NO5S.C2H7N/c1-2-18(26)24-7-9-30-11-14-33-16-20(28)25-8-10-31-12-13-32-15-19(27)23-6-4-3-5-17(22)21(29)34;20-17(19-16-18(21)22)14-12-10-8-6-4-2-1-3-5-7-9-11-13-15-25(23)24;1-3-2/h17H,2-16,22,34H2,1H3,(H,23,27)(H,24,26)(H,25,28);1-16H2,(H,19,20)(H,21,22)(H,23,24);3H,1-2H3. The number of ether oxygens (including phenoxy) is 4. The molecule has 0 aliphatic rings. The summed E-state index contributed by atoms with van der Waals surface area (Å²) < 4.78 is 40.1. The number of carbonyl (C=O) groups is 6. The van der Waals surface area contributed by atoms with Crippen LogP contribution in [-0.4, -0.2) is 154 Å². The van der Waals surface area contributed by atoms with E-state index in [1.54, 1.807) is 6.92 Å². The molecule has 0 aromatic carbocycles. The van der Waals surface area contributed by atoms with Gasteiger partial charge in [0.2, 0.25) is 23.6 Å². The van der Waals surface area contributed by atoms with Crippen LogP contribution in [0.3, 0.4) is 0 Å². The fraction of sp³-hybridized carbons (Fsp3) is 0.854. The molecule has 0 saturated carbocycles. The van der Waals surface area contributed by atoms with Gasteiger partial charge in [0.25, 0.3) is 0 Å². The number of nitrogens with one attached hydrogen (secondary N) is 5. The van der Waals surface area contributed by atoms with E-state index in [9.17, 15) is 33.0 Å². The maximum absolute atomic E-state index is 11.6. The molecule has 4 amide bonds. The lowest BCUT2D eigenvalue weighted by Crippen LogP contribution is -2.32. The SMILES string of the molecule is CCC(=O)NCCOCCOCC(=O)NCCOCCOCC(=O)NCCCCC(N)C(=O)P.CNC.O=C(O)CNC(=O)CCCCCCCCCCCCCCCS(=O)O. The Hall–Kier alpha value is -2.68. The smallest absolute Gasteiger partial charge is 0.322 e. The molecule has 0 radical (unpaired) electrons. The Morgan fingerprint density at radius 3 is 1.44 bits per heavy atom. The number of carboxylic acids is 1. The number of unbranched alkanes of at least 4 members (excludes halogenated alkanes) is 13. The van der Waals surface area contributed by atoms with Crippen LogP contribution < -0.4 is 32.3 Å². The second-order valence-electron chi connectivity index (χ2n) is 14.3. The fourth-order valence-electron chi connectivity index (χ4n) is 5.10. The van der Waals surface area contributed by atoms with E-state index in [2.05, 4.69) is 35.8 Å². The van der Waals surface area contributed by atoms with Crippen molar-refractivity contribution < 1.29 is 61.6 Å². The summed E-state index contributed by atoms with van der Waals surface area (Å²) >= 11 is -1.63. The summed E-state index contributed by atoms with van der Waals surface area (Å²) in [4.78, 5) is 66.8. The number of hydrogen-bond donors (Lipinski definition) is 8. The van der Waals surface area contributed by atoms with Crippen LogP contribution in [-0.2, 0) is 58.8 Å². The van der Waals surface area contributed by atoms with Crippen LogP contribution in [0.5, 0.6) is 0 Å². The van der Waals surface area contributed by atoms with Gasteiger partial charge >= 0.3 is 5.97 Å². The third-order valence-electron chi connectivity index (χ3n) is 8.46. The normalized spacial score (nSPS) is 11.5. The van der Waals surface area contributed by atoms with Gasteiger partial charge < -0.3 is 60.9 Å². The molecule has 0 spiro atoms. The Morgan fingerprint density at radius 1 is 0.581 bits per heavy atom. The summed E-state index contributed by atoms with van der Waals surface area (Å²) in [5.74, 6) is -1.26. The maximum atomic E-state index is 11.6. The van der Waals surface area contributed by atoms with E-state index < -0.39 is 23.1 Å². The second kappa shape index (κ2) is 51.0. The highest BCUT2D eigenvalue weighted by atomic mass is 32.2. The highest BCUT2D eigenvalue weighted by Crippen LogP contribution is 2.13. The fourth-order valence-corrected chi connectivity index (χ4v) is 5.72. The van der Waals surface area contributed by atoms with Crippen molar-refractivity contribution in [3.05, 3.63) is 0 Å². The van der Waals surface area contributed by atoms with Crippen LogP contribution in [0.2, 0.25) is 0 Å². The van der Waals surface area contributed by atoms with Crippen molar-refractivity contribution in [2.45, 2.75) is 129 Å². The van der Waals surface area contributed by atoms with Crippen LogP contribution in [0.4, 0.5) is 0 Å². The van der Waals surface area contributed by atoms with Gasteiger partial charge in [-0.1, -0.05) is 86.8 Å². The van der Waals surface area contributed by atoms with Crippen molar-refractivity contribution in [3.8, 4) is 0 Å². The molecular weight excluding hydrogens is 848 g/mol. The number of rotatable bonds is 41. The van der Waals surface area contributed by atoms with Crippen LogP contribution in [0.15, 0.2) is 0 Å². The molecule has 0 aromatic heterocycles. The first-order chi connectivity index (χ1) is 29.8. The number of carboxylic acid groups (broad SMARTS) is 1. The topological polar surface area (TPSA) is 283 Å². The number of carbonyl (C=O) groups excluding carboxylic acids is 5. The van der Waals surface area contributed by atoms with E-state index in [4.69, 9.17) is 34.3 Å². The predicted octanol–water partition coefficient (Wildman–Crippen LogP) is 2.42. The third kappa shape index (κ3) is 57.3. The molecule has 3 atom stereocenters. The zero-order valence-corrected chi connectivity index (χ0v) is 39.9. The predicted molar refractivity (Wildman–Crippen MR) is 245 cm³/mol. The van der Waals surface area contributed by atoms with Gasteiger partial charge in [-0.05, 0) is 46.2 Å². The number of hydrogen-bond acceptors (Lipinski definition) is 13. The molecule has 366 valence electrons. The highest BCUT2D eigenvalue weighted by Gasteiger charge is 2.08. The van der Waals surface area contributed by atoms with E-state index in [1.165, 1.54) is 44.9 Å². The summed E-state index contributed by atoms with van der Waals surface area (Å²) in [5, 5.41) is 21.6. The molecule has 3 unspecified atom stereocenters. The minimum Gasteiger partial charge on any atom is -0.480 e. The van der Waals surface area contributed by atoms with E-state index >= 15 is 0 Å². The minimum atomic E-state index is -1.63. The molecule has 0 aliphatic carbocycles. The number of amides is 4. The first kappa shape index (κ1) is 63.6. The van der Waals surface area contributed by atoms with E-state index in [0.717, 1.165) is 51.4 Å². The molecule has 0 rings (SSSR count). The molecule has 0 fully saturated rings. The number of nitrogens with two attached hydrogens (primary N) is 1. The Morgan fingerprint density at radius 2 is 1.00 bits per heavy atom. The van der Waals surface area contributed by atoms with Crippen LogP contribution >= 0.6 is 9.24 Å². The highest BCUT2D eigenvalue weighted by molar-refractivity contribution is 7.79. The van der Waals surface area contributed by atoms with E-state index in [0.29, 0.717) is 71.1 Å². The molecule has 19 nitrogen and oxygen atoms in total. The van der Waals surface area contributed by atoms with Crippen molar-refractivity contribution in [1.82, 2.24) is 26.6 Å². The van der Waals surface area contributed by atoms with Gasteiger partial charge in [0.1, 0.15) is 19.8 Å². The molecule has 0 aliphatic heterocycles. The van der Waals surface area contributed by atoms with E-state index in [-0.39, 0.29) is 62.1 Å². The maximum Gasteiger partial charge on any atom is 0.322 e. The van der Waals surface area contributed by atoms with Crippen LogP contribution in [0, 0.1) is 0 Å². The zero-order valence-electron chi connectivity index (χ0n) is 37.9. The third-order valence-corrected chi connectivity index (χ3v) is 9.52. The lowest BCUT2D eigenvalue weighted by atomic mass is 10.0. The monoisotopic (exact) mass is 931 g/mol. The van der Waals surface area contributed by atoms with E-state index in [1.807, 2.05) is 14.1 Å². The Kier molecular flexibility index (Phi) is 52.3. The lowest BCUT2D eigenvalue weighted by Gasteiger charge is -2.09. The molecule has 0 saturated heterocycles. The van der Waals surface area contributed by atoms with Crippen molar-refractivity contribution in [2.75, 3.05) is 98.9 Å². The van der Waals surface area contributed by atoms with Gasteiger partial charge in [-0.2, -0.15) is 0 Å². The average molecular weight is 931 g/mol. The van der Waals surface area contributed by atoms with Crippen molar-refractivity contribution in [1.29, 1.82) is 0 Å². The second-order valence-corrected chi connectivity index (χ2v) is 15.9. The molecule has 21 heteroatoms. The summed E-state index contributed by atoms with van der Waals surface area (Å²) in [5.41, 5.74) is 5.51. The Balaban J connectivity index is -0.00000110. The molecule has 9 N–H and O–H groups in total. The van der Waals surface area contributed by atoms with Gasteiger partial charge in [0.05, 0.1) is 45.7 Å². The van der Waals surface area contributed by atoms with Gasteiger partial charge in [0, 0.05) is 38.2 Å². The molecule has 0 bridgehead atoms. The Labute approximate surface area is 375 Å². The summed E-state index contributed by atoms with van der Waals surface area (Å²) in [6.07, 6.45) is 17.8. The molecular formula is C41H83N6O13PS. The number of aliphatic carboxylic acids is 1. The van der Waals surface area contributed by atoms with Crippen LogP contribution in [0.1, 0.15) is 122 Å². The van der Waals surface area contributed by atoms with Crippen molar-refractivity contribution in [3.63, 3.8) is 0 Å². The lowest BCUT2D eigenvalue weighted by molar-refractivity contribution is -0.138. The van der Waals surface area contributed by atoms with Gasteiger partial charge in [-0.3, -0.25) is 28.8 Å². The average Bonchev–Trinajstić information content (AvgIpc) is 3.23. The van der Waals surface area contributed by atoms with Crippen LogP contribution in [0.25, 0.3) is 0 Å². The molecule has 0 aromatic rings. The van der Waals surface area contributed by atoms with Crippen molar-refractivity contribution in [2.24, 2.45) is 5.73 Å². The largest absolute Gasteiger partial charge is 0.480 e. The molecule has 62 heavy (non-hydrogen) atoms. The van der Waals surface area contributed by atoms with Crippen molar-refractivity contribution >= 4 is 55.4 Å². The Bertz CT molecular complexity index is 1150. The molecule has 0 heterocycles. The van der Waals surface area contributed by atoms with Gasteiger partial charge in [-0.25, -0.2) is 4.21 Å². The summed E-state index contributed by atoms with van der Waals surface area (Å²) in [6, 6.07) is -0.464. The first-order valence-corrected chi connectivity index (χ1v) is 24.0. The summed E-state index contributed by atoms with van der Waals surface area (Å²) in [7, 11) is 5.82. The quantitative estimate of drug-likeness (QED) is 0.0248. The minimum absolute atomic E-state index is 0.0212.